The van der Waals surface area contributed by atoms with Crippen molar-refractivity contribution in [2.45, 2.75) is 51.6 Å². The van der Waals surface area contributed by atoms with E-state index in [1.807, 2.05) is 6.92 Å². The third-order valence-electron chi connectivity index (χ3n) is 4.58. The summed E-state index contributed by atoms with van der Waals surface area (Å²) >= 11 is 0. The first kappa shape index (κ1) is 23.0. The number of carbonyl (C=O) groups excluding carboxylic acids is 1. The molecule has 1 amide bonds. The molecule has 0 aromatic heterocycles. The molecule has 1 aliphatic rings. The number of nitrogens with zero attached hydrogens (tertiary/aromatic N) is 1. The molecule has 162 valence electrons. The minimum absolute atomic E-state index is 0.301. The summed E-state index contributed by atoms with van der Waals surface area (Å²) in [5.41, 5.74) is -0.432. The van der Waals surface area contributed by atoms with E-state index in [0.717, 1.165) is 25.0 Å². The number of aliphatic imine (C=N–C) groups is 1. The van der Waals surface area contributed by atoms with Crippen LogP contribution in [0.4, 0.5) is 18.9 Å². The van der Waals surface area contributed by atoms with Crippen molar-refractivity contribution in [2.75, 3.05) is 31.6 Å². The summed E-state index contributed by atoms with van der Waals surface area (Å²) in [6.07, 6.45) is 7.43. The fourth-order valence-corrected chi connectivity index (χ4v) is 3.11. The van der Waals surface area contributed by atoms with Crippen molar-refractivity contribution in [3.8, 4) is 0 Å². The van der Waals surface area contributed by atoms with Crippen LogP contribution in [0.25, 0.3) is 0 Å². The van der Waals surface area contributed by atoms with Crippen LogP contribution in [0.15, 0.2) is 17.1 Å². The first-order valence-corrected chi connectivity index (χ1v) is 10.1. The van der Waals surface area contributed by atoms with Crippen LogP contribution in [-0.4, -0.2) is 44.2 Å². The second-order valence-electron chi connectivity index (χ2n) is 6.88. The average molecular weight is 414 g/mol. The normalized spacial score (nSPS) is 15.7. The van der Waals surface area contributed by atoms with E-state index in [2.05, 4.69) is 20.9 Å². The summed E-state index contributed by atoms with van der Waals surface area (Å²) in [6.45, 7) is 3.23. The summed E-state index contributed by atoms with van der Waals surface area (Å²) in [5.74, 6) is -4.62. The molecule has 2 rings (SSSR count). The molecule has 1 aromatic rings. The Morgan fingerprint density at radius 2 is 1.83 bits per heavy atom. The highest BCUT2D eigenvalue weighted by Crippen LogP contribution is 2.20. The van der Waals surface area contributed by atoms with E-state index in [-0.39, 0.29) is 6.54 Å². The first-order valence-electron chi connectivity index (χ1n) is 10.1. The minimum Gasteiger partial charge on any atom is -0.376 e. The van der Waals surface area contributed by atoms with Gasteiger partial charge in [-0.3, -0.25) is 4.79 Å². The number of hydrogen-bond donors (Lipinski definition) is 3. The van der Waals surface area contributed by atoms with Crippen molar-refractivity contribution in [3.63, 3.8) is 0 Å². The Morgan fingerprint density at radius 1 is 1.10 bits per heavy atom. The van der Waals surface area contributed by atoms with Gasteiger partial charge in [-0.05, 0) is 31.9 Å². The van der Waals surface area contributed by atoms with Crippen LogP contribution in [-0.2, 0) is 9.53 Å². The number of amides is 1. The van der Waals surface area contributed by atoms with Crippen LogP contribution in [0, 0.1) is 17.5 Å². The molecule has 0 radical (unpaired) electrons. The van der Waals surface area contributed by atoms with Crippen LogP contribution < -0.4 is 16.0 Å². The second kappa shape index (κ2) is 12.3. The zero-order valence-corrected chi connectivity index (χ0v) is 16.7. The SMILES string of the molecule is CCNC(=NCC(=O)Nc1ccc(F)c(F)c1F)NCCOC1CCCCCC1. The molecule has 0 saturated heterocycles. The van der Waals surface area contributed by atoms with Gasteiger partial charge in [0, 0.05) is 13.1 Å². The van der Waals surface area contributed by atoms with Crippen molar-refractivity contribution in [1.82, 2.24) is 10.6 Å². The maximum Gasteiger partial charge on any atom is 0.246 e. The van der Waals surface area contributed by atoms with Crippen molar-refractivity contribution in [1.29, 1.82) is 0 Å². The molecule has 1 aromatic carbocycles. The number of carbonyl (C=O) groups is 1. The summed E-state index contributed by atoms with van der Waals surface area (Å²) in [6, 6.07) is 1.71. The lowest BCUT2D eigenvalue weighted by atomic mass is 10.1. The second-order valence-corrected chi connectivity index (χ2v) is 6.88. The van der Waals surface area contributed by atoms with Gasteiger partial charge in [-0.15, -0.1) is 0 Å². The summed E-state index contributed by atoms with van der Waals surface area (Å²) in [5, 5.41) is 8.26. The largest absolute Gasteiger partial charge is 0.376 e. The summed E-state index contributed by atoms with van der Waals surface area (Å²) < 4.78 is 45.7. The van der Waals surface area contributed by atoms with Crippen molar-refractivity contribution in [3.05, 3.63) is 29.6 Å². The van der Waals surface area contributed by atoms with Crippen molar-refractivity contribution in [2.24, 2.45) is 4.99 Å². The predicted octanol–water partition coefficient (Wildman–Crippen LogP) is 3.34. The highest BCUT2D eigenvalue weighted by molar-refractivity contribution is 5.94. The Kier molecular flexibility index (Phi) is 9.76. The van der Waals surface area contributed by atoms with Gasteiger partial charge >= 0.3 is 0 Å². The molecular formula is C20H29F3N4O2. The van der Waals surface area contributed by atoms with E-state index < -0.39 is 29.0 Å². The lowest BCUT2D eigenvalue weighted by Crippen LogP contribution is -2.40. The molecule has 1 aliphatic carbocycles. The Morgan fingerprint density at radius 3 is 2.52 bits per heavy atom. The first-order chi connectivity index (χ1) is 14.0. The molecule has 3 N–H and O–H groups in total. The predicted molar refractivity (Wildman–Crippen MR) is 106 cm³/mol. The number of halogens is 3. The molecule has 0 bridgehead atoms. The van der Waals surface area contributed by atoms with Gasteiger partial charge in [0.1, 0.15) is 6.54 Å². The van der Waals surface area contributed by atoms with Gasteiger partial charge in [-0.1, -0.05) is 25.7 Å². The topological polar surface area (TPSA) is 74.8 Å². The smallest absolute Gasteiger partial charge is 0.246 e. The van der Waals surface area contributed by atoms with Gasteiger partial charge in [0.25, 0.3) is 0 Å². The zero-order chi connectivity index (χ0) is 21.1. The third kappa shape index (κ3) is 7.92. The lowest BCUT2D eigenvalue weighted by molar-refractivity contribution is -0.114. The van der Waals surface area contributed by atoms with E-state index in [1.165, 1.54) is 25.7 Å². The van der Waals surface area contributed by atoms with Gasteiger partial charge in [-0.2, -0.15) is 0 Å². The third-order valence-corrected chi connectivity index (χ3v) is 4.58. The van der Waals surface area contributed by atoms with Gasteiger partial charge in [-0.25, -0.2) is 18.2 Å². The highest BCUT2D eigenvalue weighted by Gasteiger charge is 2.15. The number of guanidine groups is 1. The molecule has 1 fully saturated rings. The summed E-state index contributed by atoms with van der Waals surface area (Å²) in [4.78, 5) is 16.1. The Balaban J connectivity index is 1.78. The average Bonchev–Trinajstić information content (AvgIpc) is 2.98. The maximum atomic E-state index is 13.6. The van der Waals surface area contributed by atoms with E-state index >= 15 is 0 Å². The van der Waals surface area contributed by atoms with Gasteiger partial charge in [0.15, 0.2) is 23.4 Å². The minimum atomic E-state index is -1.63. The molecule has 6 nitrogen and oxygen atoms in total. The molecule has 0 aliphatic heterocycles. The maximum absolute atomic E-state index is 13.6. The Hall–Kier alpha value is -2.29. The Bertz CT molecular complexity index is 693. The molecule has 1 saturated carbocycles. The fourth-order valence-electron chi connectivity index (χ4n) is 3.11. The van der Waals surface area contributed by atoms with E-state index in [1.54, 1.807) is 0 Å². The van der Waals surface area contributed by atoms with Crippen LogP contribution in [0.2, 0.25) is 0 Å². The fraction of sp³-hybridized carbons (Fsp3) is 0.600. The van der Waals surface area contributed by atoms with Crippen LogP contribution in [0.1, 0.15) is 45.4 Å². The Labute approximate surface area is 169 Å². The monoisotopic (exact) mass is 414 g/mol. The van der Waals surface area contributed by atoms with Crippen LogP contribution in [0.3, 0.4) is 0 Å². The number of rotatable bonds is 8. The number of nitrogens with one attached hydrogen (secondary N) is 3. The van der Waals surface area contributed by atoms with Crippen molar-refractivity contribution >= 4 is 17.6 Å². The molecule has 0 spiro atoms. The number of hydrogen-bond acceptors (Lipinski definition) is 3. The summed E-state index contributed by atoms with van der Waals surface area (Å²) in [7, 11) is 0. The van der Waals surface area contributed by atoms with Crippen LogP contribution >= 0.6 is 0 Å². The van der Waals surface area contributed by atoms with E-state index in [9.17, 15) is 18.0 Å². The van der Waals surface area contributed by atoms with Gasteiger partial charge in [0.2, 0.25) is 5.91 Å². The molecule has 9 heteroatoms. The number of benzene rings is 1. The van der Waals surface area contributed by atoms with Crippen LogP contribution in [0.5, 0.6) is 0 Å². The standard InChI is InChI=1S/C20H29F3N4O2/c1-2-24-20(25-11-12-29-14-7-5-3-4-6-8-14)26-13-17(28)27-16-10-9-15(21)18(22)19(16)23/h9-10,14H,2-8,11-13H2,1H3,(H,27,28)(H2,24,25,26). The quantitative estimate of drug-likeness (QED) is 0.201. The molecule has 0 unspecified atom stereocenters. The van der Waals surface area contributed by atoms with E-state index in [0.29, 0.717) is 31.8 Å². The van der Waals surface area contributed by atoms with Gasteiger partial charge in [0.05, 0.1) is 18.4 Å². The lowest BCUT2D eigenvalue weighted by Gasteiger charge is -2.16. The molecule has 0 atom stereocenters. The number of ether oxygens (including phenoxy) is 1. The zero-order valence-electron chi connectivity index (χ0n) is 16.7. The van der Waals surface area contributed by atoms with E-state index in [4.69, 9.17) is 4.74 Å². The highest BCUT2D eigenvalue weighted by atomic mass is 19.2. The molecule has 29 heavy (non-hydrogen) atoms. The number of anilines is 1. The molecule has 0 heterocycles. The molecular weight excluding hydrogens is 385 g/mol. The van der Waals surface area contributed by atoms with Crippen molar-refractivity contribution < 1.29 is 22.7 Å². The van der Waals surface area contributed by atoms with Gasteiger partial charge < -0.3 is 20.7 Å².